The molecule has 4 bridgehead atoms. The number of cyclic esters (lactones) is 1. The van der Waals surface area contributed by atoms with Crippen molar-refractivity contribution < 1.29 is 23.8 Å². The molecule has 1 saturated heterocycles. The molecule has 1 amide bonds. The molecule has 0 N–H and O–H groups in total. The molecule has 0 aromatic heterocycles. The van der Waals surface area contributed by atoms with Gasteiger partial charge in [0.05, 0.1) is 38.3 Å². The van der Waals surface area contributed by atoms with Crippen molar-refractivity contribution in [3.63, 3.8) is 0 Å². The minimum atomic E-state index is -0.526. The number of methoxy groups -OCH3 is 2. The van der Waals surface area contributed by atoms with Crippen LogP contribution >= 0.6 is 0 Å². The van der Waals surface area contributed by atoms with Gasteiger partial charge < -0.3 is 14.2 Å². The van der Waals surface area contributed by atoms with Gasteiger partial charge >= 0.3 is 12.1 Å². The largest absolute Gasteiger partial charge is 0.497 e. The van der Waals surface area contributed by atoms with Gasteiger partial charge in [0.2, 0.25) is 0 Å². The van der Waals surface area contributed by atoms with E-state index in [0.29, 0.717) is 18.0 Å². The molecule has 5 rings (SSSR count). The Balaban J connectivity index is 1.86. The smallest absolute Gasteiger partial charge is 0.415 e. The van der Waals surface area contributed by atoms with Crippen molar-refractivity contribution in [2.45, 2.75) is 13.0 Å². The molecule has 0 radical (unpaired) electrons. The second-order valence-corrected chi connectivity index (χ2v) is 7.99. The standard InChI is InChI=1S/C25H21NO5/c1-14-18-13-31-24(27)23(18)16-8-6-4-5-7-9-20-21(14)22(16)17-12-15(29-2)10-11-19(17)26(20)25(28)30-3/h4-5,10-12,14,16,18,20,23H,13H2,1-3H3/b5-4-/t14-,16-,18+,20-,23-/m0/s1. The number of anilines is 1. The van der Waals surface area contributed by atoms with Crippen molar-refractivity contribution in [2.24, 2.45) is 23.7 Å². The van der Waals surface area contributed by atoms with Crippen LogP contribution < -0.4 is 9.64 Å². The first-order valence-corrected chi connectivity index (χ1v) is 10.2. The van der Waals surface area contributed by atoms with E-state index in [-0.39, 0.29) is 29.6 Å². The topological polar surface area (TPSA) is 65.1 Å². The molecule has 6 heteroatoms. The highest BCUT2D eigenvalue weighted by atomic mass is 16.5. The minimum absolute atomic E-state index is 0.0232. The zero-order valence-corrected chi connectivity index (χ0v) is 17.5. The molecule has 6 nitrogen and oxygen atoms in total. The van der Waals surface area contributed by atoms with Crippen molar-refractivity contribution in [2.75, 3.05) is 25.7 Å². The number of fused-ring (bicyclic) bond motifs is 3. The fourth-order valence-electron chi connectivity index (χ4n) is 5.25. The Morgan fingerprint density at radius 3 is 2.71 bits per heavy atom. The quantitative estimate of drug-likeness (QED) is 0.521. The summed E-state index contributed by atoms with van der Waals surface area (Å²) in [6.07, 6.45) is 2.85. The Hall–Kier alpha value is -3.64. The SMILES string of the molecule is COC(=O)N1c2ccc(OC)cc2C2=C3[C@@H](C)[C@H]4COC(=O)[C@H]4[C@H]2C#C/C=C\C#C[C@@H]31. The highest BCUT2D eigenvalue weighted by Gasteiger charge is 2.54. The van der Waals surface area contributed by atoms with Gasteiger partial charge in [0.1, 0.15) is 11.8 Å². The summed E-state index contributed by atoms with van der Waals surface area (Å²) in [6.45, 7) is 2.42. The van der Waals surface area contributed by atoms with Gasteiger partial charge in [-0.1, -0.05) is 30.6 Å². The number of carbonyl (C=O) groups is 2. The van der Waals surface area contributed by atoms with Gasteiger partial charge in [-0.3, -0.25) is 9.69 Å². The molecule has 0 spiro atoms. The first kappa shape index (κ1) is 19.3. The third-order valence-electron chi connectivity index (χ3n) is 6.65. The fraction of sp³-hybridized carbons (Fsp3) is 0.360. The number of nitrogens with zero attached hydrogens (tertiary/aromatic N) is 1. The maximum atomic E-state index is 12.9. The van der Waals surface area contributed by atoms with E-state index in [1.165, 1.54) is 7.11 Å². The molecule has 156 valence electrons. The first-order valence-electron chi connectivity index (χ1n) is 10.2. The zero-order chi connectivity index (χ0) is 21.7. The predicted octanol–water partition coefficient (Wildman–Crippen LogP) is 3.04. The van der Waals surface area contributed by atoms with Crippen LogP contribution in [0.1, 0.15) is 12.5 Å². The predicted molar refractivity (Wildman–Crippen MR) is 114 cm³/mol. The molecule has 2 aliphatic carbocycles. The van der Waals surface area contributed by atoms with Crippen molar-refractivity contribution >= 4 is 23.3 Å². The zero-order valence-electron chi connectivity index (χ0n) is 17.5. The summed E-state index contributed by atoms with van der Waals surface area (Å²) >= 11 is 0. The normalized spacial score (nSPS) is 30.5. The Kier molecular flexibility index (Phi) is 4.52. The van der Waals surface area contributed by atoms with Crippen LogP contribution in [-0.2, 0) is 14.3 Å². The van der Waals surface area contributed by atoms with E-state index in [0.717, 1.165) is 16.7 Å². The Morgan fingerprint density at radius 1 is 1.19 bits per heavy atom. The van der Waals surface area contributed by atoms with E-state index >= 15 is 0 Å². The third-order valence-corrected chi connectivity index (χ3v) is 6.65. The van der Waals surface area contributed by atoms with E-state index in [1.54, 1.807) is 30.2 Å². The van der Waals surface area contributed by atoms with Crippen LogP contribution in [0.3, 0.4) is 0 Å². The summed E-state index contributed by atoms with van der Waals surface area (Å²) in [5, 5.41) is 0. The number of ether oxygens (including phenoxy) is 3. The molecule has 4 aliphatic rings. The van der Waals surface area contributed by atoms with E-state index < -0.39 is 12.1 Å². The lowest BCUT2D eigenvalue weighted by molar-refractivity contribution is -0.141. The first-order chi connectivity index (χ1) is 15.1. The number of allylic oxidation sites excluding steroid dienone is 3. The number of hydrogen-bond acceptors (Lipinski definition) is 5. The van der Waals surface area contributed by atoms with Crippen LogP contribution in [0.5, 0.6) is 5.75 Å². The summed E-state index contributed by atoms with van der Waals surface area (Å²) in [5.41, 5.74) is 3.42. The molecule has 1 aromatic carbocycles. The van der Waals surface area contributed by atoms with E-state index in [9.17, 15) is 9.59 Å². The maximum Gasteiger partial charge on any atom is 0.415 e. The molecule has 0 saturated carbocycles. The summed E-state index contributed by atoms with van der Waals surface area (Å²) in [5.74, 6) is 12.3. The second kappa shape index (κ2) is 7.25. The number of hydrogen-bond donors (Lipinski definition) is 0. The van der Waals surface area contributed by atoms with Crippen molar-refractivity contribution in [1.82, 2.24) is 0 Å². The number of esters is 1. The van der Waals surface area contributed by atoms with Crippen molar-refractivity contribution in [3.8, 4) is 29.4 Å². The Morgan fingerprint density at radius 2 is 1.97 bits per heavy atom. The van der Waals surface area contributed by atoms with Crippen LogP contribution in [0.15, 0.2) is 35.9 Å². The maximum absolute atomic E-state index is 12.9. The monoisotopic (exact) mass is 415 g/mol. The minimum Gasteiger partial charge on any atom is -0.497 e. The van der Waals surface area contributed by atoms with Crippen LogP contribution in [-0.4, -0.2) is 38.9 Å². The summed E-state index contributed by atoms with van der Waals surface area (Å²) in [7, 11) is 2.96. The van der Waals surface area contributed by atoms with Gasteiger partial charge in [-0.25, -0.2) is 4.79 Å². The number of rotatable bonds is 1. The van der Waals surface area contributed by atoms with Gasteiger partial charge in [-0.2, -0.15) is 0 Å². The van der Waals surface area contributed by atoms with Crippen LogP contribution in [0.25, 0.3) is 5.57 Å². The van der Waals surface area contributed by atoms with Gasteiger partial charge in [0.25, 0.3) is 0 Å². The summed E-state index contributed by atoms with van der Waals surface area (Å²) in [4.78, 5) is 27.3. The summed E-state index contributed by atoms with van der Waals surface area (Å²) < 4.78 is 16.1. The average molecular weight is 415 g/mol. The van der Waals surface area contributed by atoms with Crippen LogP contribution in [0.4, 0.5) is 10.5 Å². The average Bonchev–Trinajstić information content (AvgIpc) is 3.17. The molecular weight excluding hydrogens is 394 g/mol. The highest BCUT2D eigenvalue weighted by Crippen LogP contribution is 2.55. The van der Waals surface area contributed by atoms with E-state index in [4.69, 9.17) is 14.2 Å². The van der Waals surface area contributed by atoms with E-state index in [1.807, 2.05) is 12.1 Å². The molecule has 0 unspecified atom stereocenters. The lowest BCUT2D eigenvalue weighted by Crippen LogP contribution is -2.49. The Bertz CT molecular complexity index is 1170. The van der Waals surface area contributed by atoms with Crippen LogP contribution in [0.2, 0.25) is 0 Å². The van der Waals surface area contributed by atoms with Gasteiger partial charge in [-0.05, 0) is 47.4 Å². The molecule has 1 aromatic rings. The second-order valence-electron chi connectivity index (χ2n) is 7.99. The van der Waals surface area contributed by atoms with E-state index in [2.05, 4.69) is 30.6 Å². The van der Waals surface area contributed by atoms with Gasteiger partial charge in [0, 0.05) is 11.5 Å². The number of benzene rings is 1. The lowest BCUT2D eigenvalue weighted by atomic mass is 9.61. The Labute approximate surface area is 180 Å². The van der Waals surface area contributed by atoms with Gasteiger partial charge in [0.15, 0.2) is 0 Å². The summed E-state index contributed by atoms with van der Waals surface area (Å²) in [6, 6.07) is 5.01. The fourth-order valence-corrected chi connectivity index (χ4v) is 5.25. The number of amides is 1. The molecule has 2 aliphatic heterocycles. The molecule has 2 heterocycles. The molecule has 1 fully saturated rings. The molecular formula is C25H21NO5. The van der Waals surface area contributed by atoms with Gasteiger partial charge in [-0.15, -0.1) is 0 Å². The third kappa shape index (κ3) is 2.75. The van der Waals surface area contributed by atoms with Crippen LogP contribution in [0, 0.1) is 47.4 Å². The molecule has 31 heavy (non-hydrogen) atoms. The number of carbonyl (C=O) groups excluding carboxylic acids is 2. The lowest BCUT2D eigenvalue weighted by Gasteiger charge is -2.45. The highest BCUT2D eigenvalue weighted by molar-refractivity contribution is 6.00. The van der Waals surface area contributed by atoms with Crippen molar-refractivity contribution in [3.05, 3.63) is 41.5 Å². The van der Waals surface area contributed by atoms with Crippen molar-refractivity contribution in [1.29, 1.82) is 0 Å². The molecule has 5 atom stereocenters.